The molecule has 0 amide bonds. The van der Waals surface area contributed by atoms with Gasteiger partial charge in [-0.25, -0.2) is 0 Å². The van der Waals surface area contributed by atoms with E-state index in [-0.39, 0.29) is 12.6 Å². The van der Waals surface area contributed by atoms with E-state index < -0.39 is 0 Å². The van der Waals surface area contributed by atoms with E-state index in [2.05, 4.69) is 41.3 Å². The van der Waals surface area contributed by atoms with E-state index in [1.165, 1.54) is 16.8 Å². The number of ether oxygens (including phenoxy) is 5. The number of methoxy groups -OCH3 is 2. The van der Waals surface area contributed by atoms with Crippen LogP contribution in [0.5, 0.6) is 11.5 Å². The van der Waals surface area contributed by atoms with Crippen molar-refractivity contribution in [2.24, 2.45) is 5.92 Å². The third-order valence-corrected chi connectivity index (χ3v) is 7.11. The van der Waals surface area contributed by atoms with Gasteiger partial charge in [0, 0.05) is 57.0 Å². The molecule has 3 aliphatic rings. The molecule has 6 nitrogen and oxygen atoms in total. The lowest BCUT2D eigenvalue weighted by Gasteiger charge is -2.36. The summed E-state index contributed by atoms with van der Waals surface area (Å²) in [6.45, 7) is 3.36. The van der Waals surface area contributed by atoms with Crippen LogP contribution in [0.3, 0.4) is 0 Å². The van der Waals surface area contributed by atoms with Gasteiger partial charge in [-0.1, -0.05) is 12.1 Å². The second kappa shape index (κ2) is 10.8. The molecule has 1 unspecified atom stereocenters. The summed E-state index contributed by atoms with van der Waals surface area (Å²) < 4.78 is 28.6. The first-order valence-corrected chi connectivity index (χ1v) is 12.4. The Morgan fingerprint density at radius 1 is 0.941 bits per heavy atom. The van der Waals surface area contributed by atoms with Gasteiger partial charge in [-0.05, 0) is 67.2 Å². The van der Waals surface area contributed by atoms with Gasteiger partial charge in [0.15, 0.2) is 12.6 Å². The zero-order valence-electron chi connectivity index (χ0n) is 20.2. The Kier molecular flexibility index (Phi) is 7.38. The SMILES string of the molecule is COC(OC)C1CCN(c2ccc(C3=CCOc4cc(OC5CCCCO5)ccc43)cc2)CC1. The first kappa shape index (κ1) is 23.2. The number of hydrogen-bond acceptors (Lipinski definition) is 6. The van der Waals surface area contributed by atoms with Gasteiger partial charge in [0.2, 0.25) is 0 Å². The van der Waals surface area contributed by atoms with Crippen LogP contribution in [-0.4, -0.2) is 53.1 Å². The monoisotopic (exact) mass is 465 g/mol. The van der Waals surface area contributed by atoms with E-state index in [0.29, 0.717) is 12.5 Å². The van der Waals surface area contributed by atoms with Crippen molar-refractivity contribution in [3.63, 3.8) is 0 Å². The standard InChI is InChI=1S/C28H35NO5/c1-30-28(31-2)21-12-15-29(16-13-21)22-8-6-20(7-9-22)24-14-18-32-26-19-23(10-11-25(24)26)34-27-5-3-4-17-33-27/h6-11,14,19,21,27-28H,3-5,12-13,15-18H2,1-2H3. The molecule has 2 fully saturated rings. The molecule has 0 bridgehead atoms. The lowest BCUT2D eigenvalue weighted by Crippen LogP contribution is -2.39. The molecule has 2 aromatic carbocycles. The van der Waals surface area contributed by atoms with Crippen LogP contribution in [0.1, 0.15) is 43.2 Å². The maximum atomic E-state index is 6.04. The number of rotatable bonds is 7. The summed E-state index contributed by atoms with van der Waals surface area (Å²) in [5.41, 5.74) is 4.76. The molecule has 0 aromatic heterocycles. The van der Waals surface area contributed by atoms with Crippen molar-refractivity contribution in [1.29, 1.82) is 0 Å². The topological polar surface area (TPSA) is 49.4 Å². The molecule has 5 rings (SSSR count). The molecule has 2 saturated heterocycles. The fraction of sp³-hybridized carbons (Fsp3) is 0.500. The first-order valence-electron chi connectivity index (χ1n) is 12.4. The van der Waals surface area contributed by atoms with Crippen LogP contribution in [-0.2, 0) is 14.2 Å². The zero-order chi connectivity index (χ0) is 23.3. The molecule has 1 atom stereocenters. The van der Waals surface area contributed by atoms with Gasteiger partial charge in [-0.15, -0.1) is 0 Å². The molecule has 0 aliphatic carbocycles. The molecule has 34 heavy (non-hydrogen) atoms. The third-order valence-electron chi connectivity index (χ3n) is 7.11. The number of benzene rings is 2. The molecule has 182 valence electrons. The molecule has 2 aromatic rings. The highest BCUT2D eigenvalue weighted by molar-refractivity contribution is 5.84. The molecule has 0 saturated carbocycles. The Morgan fingerprint density at radius 2 is 1.74 bits per heavy atom. The third kappa shape index (κ3) is 5.09. The fourth-order valence-electron chi connectivity index (χ4n) is 5.23. The van der Waals surface area contributed by atoms with Crippen molar-refractivity contribution in [1.82, 2.24) is 0 Å². The quantitative estimate of drug-likeness (QED) is 0.521. The maximum absolute atomic E-state index is 6.04. The molecular weight excluding hydrogens is 430 g/mol. The average molecular weight is 466 g/mol. The Balaban J connectivity index is 1.25. The van der Waals surface area contributed by atoms with E-state index in [1.807, 2.05) is 12.1 Å². The molecule has 0 radical (unpaired) electrons. The van der Waals surface area contributed by atoms with Crippen molar-refractivity contribution < 1.29 is 23.7 Å². The van der Waals surface area contributed by atoms with Crippen molar-refractivity contribution in [2.75, 3.05) is 45.4 Å². The molecule has 0 N–H and O–H groups in total. The van der Waals surface area contributed by atoms with Crippen LogP contribution >= 0.6 is 0 Å². The van der Waals surface area contributed by atoms with Crippen LogP contribution in [0.15, 0.2) is 48.5 Å². The van der Waals surface area contributed by atoms with Crippen LogP contribution in [0.25, 0.3) is 5.57 Å². The highest BCUT2D eigenvalue weighted by atomic mass is 16.7. The van der Waals surface area contributed by atoms with Crippen LogP contribution in [0.2, 0.25) is 0 Å². The second-order valence-electron chi connectivity index (χ2n) is 9.21. The summed E-state index contributed by atoms with van der Waals surface area (Å²) in [6, 6.07) is 15.0. The Hall–Kier alpha value is -2.54. The molecular formula is C28H35NO5. The number of anilines is 1. The minimum atomic E-state index is -0.155. The summed E-state index contributed by atoms with van der Waals surface area (Å²) >= 11 is 0. The summed E-state index contributed by atoms with van der Waals surface area (Å²) in [5.74, 6) is 2.12. The zero-order valence-corrected chi connectivity index (χ0v) is 20.2. The second-order valence-corrected chi connectivity index (χ2v) is 9.21. The number of nitrogens with zero attached hydrogens (tertiary/aromatic N) is 1. The van der Waals surface area contributed by atoms with Crippen molar-refractivity contribution in [3.05, 3.63) is 59.7 Å². The molecule has 0 spiro atoms. The van der Waals surface area contributed by atoms with Gasteiger partial charge in [0.05, 0.1) is 6.61 Å². The molecule has 3 aliphatic heterocycles. The normalized spacial score (nSPS) is 21.1. The van der Waals surface area contributed by atoms with Gasteiger partial charge in [-0.3, -0.25) is 0 Å². The lowest BCUT2D eigenvalue weighted by molar-refractivity contribution is -0.141. The highest BCUT2D eigenvalue weighted by Crippen LogP contribution is 2.38. The predicted molar refractivity (Wildman–Crippen MR) is 132 cm³/mol. The molecule has 3 heterocycles. The van der Waals surface area contributed by atoms with Gasteiger partial charge in [0.25, 0.3) is 0 Å². The number of hydrogen-bond donors (Lipinski definition) is 0. The van der Waals surface area contributed by atoms with E-state index in [1.54, 1.807) is 14.2 Å². The Bertz CT molecular complexity index is 971. The van der Waals surface area contributed by atoms with Crippen LogP contribution in [0.4, 0.5) is 5.69 Å². The van der Waals surface area contributed by atoms with E-state index in [4.69, 9.17) is 23.7 Å². The van der Waals surface area contributed by atoms with E-state index in [9.17, 15) is 0 Å². The van der Waals surface area contributed by atoms with Crippen molar-refractivity contribution >= 4 is 11.3 Å². The summed E-state index contributed by atoms with van der Waals surface area (Å²) in [6.07, 6.45) is 7.23. The number of fused-ring (bicyclic) bond motifs is 1. The minimum absolute atomic E-state index is 0.105. The summed E-state index contributed by atoms with van der Waals surface area (Å²) in [4.78, 5) is 2.45. The van der Waals surface area contributed by atoms with Gasteiger partial charge in [-0.2, -0.15) is 0 Å². The Morgan fingerprint density at radius 3 is 2.44 bits per heavy atom. The molecule has 6 heteroatoms. The van der Waals surface area contributed by atoms with E-state index >= 15 is 0 Å². The maximum Gasteiger partial charge on any atom is 0.199 e. The van der Waals surface area contributed by atoms with Gasteiger partial charge < -0.3 is 28.6 Å². The van der Waals surface area contributed by atoms with Gasteiger partial charge in [0.1, 0.15) is 18.1 Å². The van der Waals surface area contributed by atoms with E-state index in [0.717, 1.165) is 68.9 Å². The van der Waals surface area contributed by atoms with Crippen LogP contribution < -0.4 is 14.4 Å². The summed E-state index contributed by atoms with van der Waals surface area (Å²) in [5, 5.41) is 0. The highest BCUT2D eigenvalue weighted by Gasteiger charge is 2.27. The average Bonchev–Trinajstić information content (AvgIpc) is 2.90. The summed E-state index contributed by atoms with van der Waals surface area (Å²) in [7, 11) is 3.45. The Labute approximate surface area is 202 Å². The first-order chi connectivity index (χ1) is 16.7. The predicted octanol–water partition coefficient (Wildman–Crippen LogP) is 5.25. The smallest absolute Gasteiger partial charge is 0.199 e. The van der Waals surface area contributed by atoms with Gasteiger partial charge >= 0.3 is 0 Å². The van der Waals surface area contributed by atoms with Crippen molar-refractivity contribution in [3.8, 4) is 11.5 Å². The minimum Gasteiger partial charge on any atom is -0.489 e. The fourth-order valence-corrected chi connectivity index (χ4v) is 5.23. The van der Waals surface area contributed by atoms with Crippen LogP contribution in [0, 0.1) is 5.92 Å². The van der Waals surface area contributed by atoms with Crippen molar-refractivity contribution in [2.45, 2.75) is 44.7 Å². The largest absolute Gasteiger partial charge is 0.489 e. The lowest BCUT2D eigenvalue weighted by atomic mass is 9.94. The number of piperidine rings is 1.